The molecule has 0 fully saturated rings. The molecule has 0 spiro atoms. The van der Waals surface area contributed by atoms with E-state index in [1.54, 1.807) is 0 Å². The molecule has 1 rings (SSSR count). The Morgan fingerprint density at radius 2 is 2.06 bits per heavy atom. The van der Waals surface area contributed by atoms with E-state index in [0.717, 1.165) is 0 Å². The van der Waals surface area contributed by atoms with Crippen molar-refractivity contribution in [2.45, 2.75) is 19.3 Å². The molecule has 100 valence electrons. The molecule has 0 aliphatic heterocycles. The molecule has 0 radical (unpaired) electrons. The summed E-state index contributed by atoms with van der Waals surface area (Å²) in [5.41, 5.74) is 3.06. The summed E-state index contributed by atoms with van der Waals surface area (Å²) in [5, 5.41) is 0. The van der Waals surface area contributed by atoms with Crippen LogP contribution in [0.4, 0.5) is 22.0 Å². The van der Waals surface area contributed by atoms with Gasteiger partial charge in [0.1, 0.15) is 5.69 Å². The van der Waals surface area contributed by atoms with E-state index >= 15 is 0 Å². The molecule has 4 nitrogen and oxygen atoms in total. The molecule has 0 amide bonds. The van der Waals surface area contributed by atoms with Crippen LogP contribution in [-0.4, -0.2) is 17.6 Å². The van der Waals surface area contributed by atoms with E-state index in [4.69, 9.17) is 5.73 Å². The van der Waals surface area contributed by atoms with Gasteiger partial charge >= 0.3 is 6.36 Å². The fourth-order valence-electron chi connectivity index (χ4n) is 1.19. The van der Waals surface area contributed by atoms with Gasteiger partial charge in [-0.1, -0.05) is 0 Å². The van der Waals surface area contributed by atoms with Crippen molar-refractivity contribution in [1.82, 2.24) is 4.98 Å². The summed E-state index contributed by atoms with van der Waals surface area (Å²) in [6, 6.07) is 0.414. The zero-order valence-corrected chi connectivity index (χ0v) is 8.67. The first kappa shape index (κ1) is 14.3. The average Bonchev–Trinajstić information content (AvgIpc) is 2.26. The van der Waals surface area contributed by atoms with Crippen LogP contribution in [0.25, 0.3) is 0 Å². The van der Waals surface area contributed by atoms with Crippen LogP contribution in [0.2, 0.25) is 0 Å². The zero-order chi connectivity index (χ0) is 13.9. The first-order valence-corrected chi connectivity index (χ1v) is 4.51. The lowest BCUT2D eigenvalue weighted by atomic mass is 10.1. The average molecular weight is 270 g/mol. The maximum absolute atomic E-state index is 12.5. The topological polar surface area (TPSA) is 65.2 Å². The molecule has 0 aliphatic rings. The monoisotopic (exact) mass is 270 g/mol. The molecule has 9 heteroatoms. The number of rotatable bonds is 4. The Morgan fingerprint density at radius 3 is 2.44 bits per heavy atom. The SMILES string of the molecule is NCc1nc(C=O)c(C(F)F)cc1OC(F)(F)F. The molecule has 2 N–H and O–H groups in total. The lowest BCUT2D eigenvalue weighted by Gasteiger charge is -2.14. The Bertz CT molecular complexity index is 447. The van der Waals surface area contributed by atoms with Gasteiger partial charge in [-0.05, 0) is 6.07 Å². The van der Waals surface area contributed by atoms with E-state index in [2.05, 4.69) is 9.72 Å². The fraction of sp³-hybridized carbons (Fsp3) is 0.333. The van der Waals surface area contributed by atoms with Gasteiger partial charge in [0.05, 0.1) is 11.3 Å². The van der Waals surface area contributed by atoms with Gasteiger partial charge in [-0.15, -0.1) is 13.2 Å². The summed E-state index contributed by atoms with van der Waals surface area (Å²) in [7, 11) is 0. The quantitative estimate of drug-likeness (QED) is 0.672. The lowest BCUT2D eigenvalue weighted by Crippen LogP contribution is -2.20. The van der Waals surface area contributed by atoms with E-state index in [0.29, 0.717) is 6.07 Å². The third-order valence-corrected chi connectivity index (χ3v) is 1.89. The first-order chi connectivity index (χ1) is 8.28. The minimum absolute atomic E-state index is 0.0119. The van der Waals surface area contributed by atoms with Crippen LogP contribution in [0.3, 0.4) is 0 Å². The minimum atomic E-state index is -5.06. The van der Waals surface area contributed by atoms with Crippen molar-refractivity contribution in [1.29, 1.82) is 0 Å². The standard InChI is InChI=1S/C9H7F5N2O2/c10-8(11)4-1-7(18-9(12,13)14)5(2-15)16-6(4)3-17/h1,3,8H,2,15H2. The summed E-state index contributed by atoms with van der Waals surface area (Å²) < 4.78 is 64.6. The minimum Gasteiger partial charge on any atom is -0.404 e. The first-order valence-electron chi connectivity index (χ1n) is 4.51. The van der Waals surface area contributed by atoms with Gasteiger partial charge in [-0.3, -0.25) is 4.79 Å². The Hall–Kier alpha value is -1.77. The molecular weight excluding hydrogens is 263 g/mol. The van der Waals surface area contributed by atoms with Crippen molar-refractivity contribution in [2.24, 2.45) is 5.73 Å². The van der Waals surface area contributed by atoms with Crippen molar-refractivity contribution in [3.63, 3.8) is 0 Å². The summed E-state index contributed by atoms with van der Waals surface area (Å²) in [5.74, 6) is -0.939. The fourth-order valence-corrected chi connectivity index (χ4v) is 1.19. The number of halogens is 5. The normalized spacial score (nSPS) is 11.7. The predicted molar refractivity (Wildman–Crippen MR) is 49.2 cm³/mol. The number of nitrogens with zero attached hydrogens (tertiary/aromatic N) is 1. The van der Waals surface area contributed by atoms with Crippen molar-refractivity contribution < 1.29 is 31.5 Å². The summed E-state index contributed by atoms with van der Waals surface area (Å²) >= 11 is 0. The molecule has 0 unspecified atom stereocenters. The molecule has 0 saturated heterocycles. The molecule has 0 saturated carbocycles. The van der Waals surface area contributed by atoms with Gasteiger partial charge in [0.25, 0.3) is 6.43 Å². The van der Waals surface area contributed by atoms with Crippen LogP contribution in [0.15, 0.2) is 6.07 Å². The number of aromatic nitrogens is 1. The number of pyridine rings is 1. The third kappa shape index (κ3) is 3.36. The van der Waals surface area contributed by atoms with Gasteiger partial charge in [0.15, 0.2) is 12.0 Å². The molecule has 0 atom stereocenters. The second-order valence-electron chi connectivity index (χ2n) is 3.08. The third-order valence-electron chi connectivity index (χ3n) is 1.89. The highest BCUT2D eigenvalue weighted by Gasteiger charge is 2.33. The second kappa shape index (κ2) is 5.25. The second-order valence-corrected chi connectivity index (χ2v) is 3.08. The lowest BCUT2D eigenvalue weighted by molar-refractivity contribution is -0.275. The summed E-state index contributed by atoms with van der Waals surface area (Å²) in [6.45, 7) is -0.490. The van der Waals surface area contributed by atoms with Gasteiger partial charge in [0.2, 0.25) is 0 Å². The number of hydrogen-bond acceptors (Lipinski definition) is 4. The summed E-state index contributed by atoms with van der Waals surface area (Å²) in [6.07, 6.45) is -8.20. The molecule has 0 aromatic carbocycles. The van der Waals surface area contributed by atoms with Crippen molar-refractivity contribution in [3.8, 4) is 5.75 Å². The maximum atomic E-state index is 12.5. The van der Waals surface area contributed by atoms with Gasteiger partial charge in [-0.2, -0.15) is 0 Å². The number of nitrogens with two attached hydrogens (primary N) is 1. The van der Waals surface area contributed by atoms with Crippen LogP contribution in [0, 0.1) is 0 Å². The van der Waals surface area contributed by atoms with Crippen molar-refractivity contribution in [2.75, 3.05) is 0 Å². The Balaban J connectivity index is 3.32. The van der Waals surface area contributed by atoms with E-state index < -0.39 is 42.0 Å². The molecule has 1 aromatic rings. The Labute approximate surface area is 97.6 Å². The Kier molecular flexibility index (Phi) is 4.17. The number of hydrogen-bond donors (Lipinski definition) is 1. The number of alkyl halides is 5. The predicted octanol–water partition coefficient (Wildman–Crippen LogP) is 2.19. The largest absolute Gasteiger partial charge is 0.573 e. The molecule has 1 heterocycles. The number of aldehydes is 1. The number of ether oxygens (including phenoxy) is 1. The smallest absolute Gasteiger partial charge is 0.404 e. The van der Waals surface area contributed by atoms with Crippen molar-refractivity contribution in [3.05, 3.63) is 23.0 Å². The van der Waals surface area contributed by atoms with Crippen LogP contribution < -0.4 is 10.5 Å². The van der Waals surface area contributed by atoms with E-state index in [9.17, 15) is 26.7 Å². The van der Waals surface area contributed by atoms with Crippen LogP contribution in [0.5, 0.6) is 5.75 Å². The molecule has 0 aliphatic carbocycles. The Morgan fingerprint density at radius 1 is 1.44 bits per heavy atom. The van der Waals surface area contributed by atoms with E-state index in [-0.39, 0.29) is 6.29 Å². The van der Waals surface area contributed by atoms with Crippen LogP contribution in [-0.2, 0) is 6.54 Å². The van der Waals surface area contributed by atoms with Gasteiger partial charge in [-0.25, -0.2) is 13.8 Å². The highest BCUT2D eigenvalue weighted by molar-refractivity contribution is 5.75. The maximum Gasteiger partial charge on any atom is 0.573 e. The van der Waals surface area contributed by atoms with E-state index in [1.807, 2.05) is 0 Å². The molecular formula is C9H7F5N2O2. The van der Waals surface area contributed by atoms with Gasteiger partial charge < -0.3 is 10.5 Å². The molecule has 1 aromatic heterocycles. The number of carbonyl (C=O) groups excluding carboxylic acids is 1. The van der Waals surface area contributed by atoms with Crippen LogP contribution in [0.1, 0.15) is 28.2 Å². The highest BCUT2D eigenvalue weighted by atomic mass is 19.4. The van der Waals surface area contributed by atoms with E-state index in [1.165, 1.54) is 0 Å². The van der Waals surface area contributed by atoms with Gasteiger partial charge in [0, 0.05) is 6.54 Å². The highest BCUT2D eigenvalue weighted by Crippen LogP contribution is 2.31. The number of carbonyl (C=O) groups is 1. The zero-order valence-electron chi connectivity index (χ0n) is 8.67. The molecule has 0 bridgehead atoms. The molecule has 18 heavy (non-hydrogen) atoms. The van der Waals surface area contributed by atoms with Crippen molar-refractivity contribution >= 4 is 6.29 Å². The summed E-state index contributed by atoms with van der Waals surface area (Å²) in [4.78, 5) is 13.8. The van der Waals surface area contributed by atoms with Crippen LogP contribution >= 0.6 is 0 Å².